The van der Waals surface area contributed by atoms with E-state index in [-0.39, 0.29) is 0 Å². The van der Waals surface area contributed by atoms with Gasteiger partial charge in [0.2, 0.25) is 0 Å². The molecule has 0 aliphatic carbocycles. The van der Waals surface area contributed by atoms with Crippen LogP contribution in [-0.2, 0) is 9.53 Å². The van der Waals surface area contributed by atoms with Gasteiger partial charge < -0.3 is 13.9 Å². The fourth-order valence-electron chi connectivity index (χ4n) is 2.65. The van der Waals surface area contributed by atoms with Crippen molar-refractivity contribution in [2.45, 2.75) is 6.92 Å². The molecule has 122 valence electrons. The number of rotatable bonds is 4. The predicted molar refractivity (Wildman–Crippen MR) is 94.0 cm³/mol. The van der Waals surface area contributed by atoms with Gasteiger partial charge >= 0.3 is 5.97 Å². The maximum Gasteiger partial charge on any atom is 0.330 e. The number of methoxy groups -OCH3 is 2. The van der Waals surface area contributed by atoms with Crippen LogP contribution in [0, 0.1) is 6.92 Å². The summed E-state index contributed by atoms with van der Waals surface area (Å²) in [6.07, 6.45) is 3.08. The van der Waals surface area contributed by atoms with E-state index in [9.17, 15) is 4.79 Å². The monoisotopic (exact) mass is 322 g/mol. The average Bonchev–Trinajstić information content (AvgIpc) is 2.96. The van der Waals surface area contributed by atoms with Gasteiger partial charge in [0.1, 0.15) is 5.76 Å². The van der Waals surface area contributed by atoms with E-state index in [1.165, 1.54) is 13.2 Å². The predicted octanol–water partition coefficient (Wildman–Crippen LogP) is 4.60. The Labute approximate surface area is 140 Å². The minimum atomic E-state index is -0.400. The summed E-state index contributed by atoms with van der Waals surface area (Å²) >= 11 is 0. The molecule has 0 aliphatic rings. The summed E-state index contributed by atoms with van der Waals surface area (Å²) in [7, 11) is 2.95. The number of esters is 1. The first-order valence-corrected chi connectivity index (χ1v) is 7.56. The van der Waals surface area contributed by atoms with Crippen LogP contribution in [0.1, 0.15) is 11.1 Å². The van der Waals surface area contributed by atoms with E-state index in [2.05, 4.69) is 4.74 Å². The molecule has 0 unspecified atom stereocenters. The van der Waals surface area contributed by atoms with Crippen LogP contribution in [-0.4, -0.2) is 20.2 Å². The van der Waals surface area contributed by atoms with E-state index >= 15 is 0 Å². The Balaban J connectivity index is 2.16. The lowest BCUT2D eigenvalue weighted by atomic mass is 10.0. The smallest absolute Gasteiger partial charge is 0.330 e. The van der Waals surface area contributed by atoms with Gasteiger partial charge in [-0.2, -0.15) is 0 Å². The molecule has 3 rings (SSSR count). The standard InChI is InChI=1S/C20H18O4/c1-13-16-11-14(9-10-18(21)23-3)12-17(22-2)20(16)24-19(13)15-7-5-4-6-8-15/h4-12H,1-3H3. The zero-order valence-corrected chi connectivity index (χ0v) is 13.8. The summed E-state index contributed by atoms with van der Waals surface area (Å²) in [4.78, 5) is 11.3. The Morgan fingerprint density at radius 1 is 1.12 bits per heavy atom. The molecule has 0 atom stereocenters. The fourth-order valence-corrected chi connectivity index (χ4v) is 2.65. The Hall–Kier alpha value is -3.01. The molecule has 4 heteroatoms. The molecular weight excluding hydrogens is 304 g/mol. The van der Waals surface area contributed by atoms with Crippen molar-refractivity contribution in [3.8, 4) is 17.1 Å². The van der Waals surface area contributed by atoms with Gasteiger partial charge in [0.15, 0.2) is 11.3 Å². The second-order valence-corrected chi connectivity index (χ2v) is 5.38. The number of carbonyl (C=O) groups is 1. The molecule has 24 heavy (non-hydrogen) atoms. The summed E-state index contributed by atoms with van der Waals surface area (Å²) in [6, 6.07) is 13.7. The van der Waals surface area contributed by atoms with Crippen molar-refractivity contribution in [1.29, 1.82) is 0 Å². The van der Waals surface area contributed by atoms with E-state index < -0.39 is 5.97 Å². The number of fused-ring (bicyclic) bond motifs is 1. The molecule has 0 fully saturated rings. The Morgan fingerprint density at radius 3 is 2.54 bits per heavy atom. The van der Waals surface area contributed by atoms with Crippen LogP contribution < -0.4 is 4.74 Å². The minimum Gasteiger partial charge on any atom is -0.493 e. The van der Waals surface area contributed by atoms with Crippen LogP contribution in [0.4, 0.5) is 0 Å². The highest BCUT2D eigenvalue weighted by Crippen LogP contribution is 2.38. The third-order valence-electron chi connectivity index (χ3n) is 3.89. The van der Waals surface area contributed by atoms with Crippen molar-refractivity contribution in [3.63, 3.8) is 0 Å². The first-order chi connectivity index (χ1) is 11.6. The van der Waals surface area contributed by atoms with E-state index in [0.29, 0.717) is 11.3 Å². The van der Waals surface area contributed by atoms with Crippen molar-refractivity contribution in [3.05, 3.63) is 59.7 Å². The van der Waals surface area contributed by atoms with Crippen LogP contribution >= 0.6 is 0 Å². The average molecular weight is 322 g/mol. The maximum atomic E-state index is 11.3. The second kappa shape index (κ2) is 6.62. The number of furan rings is 1. The lowest BCUT2D eigenvalue weighted by Crippen LogP contribution is -1.93. The Kier molecular flexibility index (Phi) is 4.38. The normalized spacial score (nSPS) is 11.1. The van der Waals surface area contributed by atoms with Gasteiger partial charge in [-0.3, -0.25) is 0 Å². The highest BCUT2D eigenvalue weighted by molar-refractivity contribution is 5.94. The first-order valence-electron chi connectivity index (χ1n) is 7.56. The molecule has 0 saturated heterocycles. The first kappa shape index (κ1) is 15.9. The molecule has 0 saturated carbocycles. The quantitative estimate of drug-likeness (QED) is 0.520. The summed E-state index contributed by atoms with van der Waals surface area (Å²) in [5, 5.41) is 0.956. The van der Waals surface area contributed by atoms with Crippen LogP contribution in [0.2, 0.25) is 0 Å². The third-order valence-corrected chi connectivity index (χ3v) is 3.89. The van der Waals surface area contributed by atoms with Gasteiger partial charge in [0.25, 0.3) is 0 Å². The number of hydrogen-bond acceptors (Lipinski definition) is 4. The van der Waals surface area contributed by atoms with E-state index in [4.69, 9.17) is 9.15 Å². The molecule has 4 nitrogen and oxygen atoms in total. The maximum absolute atomic E-state index is 11.3. The number of hydrogen-bond donors (Lipinski definition) is 0. The van der Waals surface area contributed by atoms with Crippen LogP contribution in [0.15, 0.2) is 53.0 Å². The van der Waals surface area contributed by atoms with Gasteiger partial charge in [-0.25, -0.2) is 4.79 Å². The topological polar surface area (TPSA) is 48.7 Å². The van der Waals surface area contributed by atoms with E-state index in [1.54, 1.807) is 13.2 Å². The Bertz CT molecular complexity index is 904. The third kappa shape index (κ3) is 2.91. The largest absolute Gasteiger partial charge is 0.493 e. The summed E-state index contributed by atoms with van der Waals surface area (Å²) in [5.74, 6) is 1.04. The highest BCUT2D eigenvalue weighted by Gasteiger charge is 2.16. The molecule has 1 heterocycles. The molecule has 3 aromatic rings. The van der Waals surface area contributed by atoms with Crippen molar-refractivity contribution in [2.24, 2.45) is 0 Å². The molecule has 2 aromatic carbocycles. The number of ether oxygens (including phenoxy) is 2. The van der Waals surface area contributed by atoms with Crippen molar-refractivity contribution in [2.75, 3.05) is 14.2 Å². The summed E-state index contributed by atoms with van der Waals surface area (Å²) in [5.41, 5.74) is 3.58. The van der Waals surface area contributed by atoms with E-state index in [0.717, 1.165) is 27.8 Å². The molecule has 0 spiro atoms. The number of aryl methyl sites for hydroxylation is 1. The lowest BCUT2D eigenvalue weighted by molar-refractivity contribution is -0.134. The zero-order chi connectivity index (χ0) is 17.1. The number of benzene rings is 2. The molecule has 0 aliphatic heterocycles. The van der Waals surface area contributed by atoms with E-state index in [1.807, 2.05) is 49.4 Å². The van der Waals surface area contributed by atoms with Crippen LogP contribution in [0.3, 0.4) is 0 Å². The molecule has 1 aromatic heterocycles. The van der Waals surface area contributed by atoms with Crippen molar-refractivity contribution in [1.82, 2.24) is 0 Å². The summed E-state index contributed by atoms with van der Waals surface area (Å²) < 4.78 is 16.2. The number of carbonyl (C=O) groups excluding carboxylic acids is 1. The van der Waals surface area contributed by atoms with Gasteiger partial charge in [-0.15, -0.1) is 0 Å². The zero-order valence-electron chi connectivity index (χ0n) is 13.8. The molecular formula is C20H18O4. The van der Waals surface area contributed by atoms with Gasteiger partial charge in [-0.05, 0) is 30.7 Å². The van der Waals surface area contributed by atoms with Crippen molar-refractivity contribution >= 4 is 23.0 Å². The molecule has 0 radical (unpaired) electrons. The van der Waals surface area contributed by atoms with Gasteiger partial charge in [0.05, 0.1) is 14.2 Å². The fraction of sp³-hybridized carbons (Fsp3) is 0.150. The van der Waals surface area contributed by atoms with Gasteiger partial charge in [0, 0.05) is 22.6 Å². The molecule has 0 amide bonds. The van der Waals surface area contributed by atoms with Crippen LogP contribution in [0.25, 0.3) is 28.4 Å². The Morgan fingerprint density at radius 2 is 1.88 bits per heavy atom. The van der Waals surface area contributed by atoms with Gasteiger partial charge in [-0.1, -0.05) is 30.3 Å². The molecule has 0 N–H and O–H groups in total. The van der Waals surface area contributed by atoms with Crippen molar-refractivity contribution < 1.29 is 18.7 Å². The van der Waals surface area contributed by atoms with Crippen LogP contribution in [0.5, 0.6) is 5.75 Å². The molecule has 0 bridgehead atoms. The summed E-state index contributed by atoms with van der Waals surface area (Å²) in [6.45, 7) is 2.02. The lowest BCUT2D eigenvalue weighted by Gasteiger charge is -2.03. The minimum absolute atomic E-state index is 0.400. The highest BCUT2D eigenvalue weighted by atomic mass is 16.5. The SMILES string of the molecule is COC(=O)C=Cc1cc(OC)c2oc(-c3ccccc3)c(C)c2c1. The second-order valence-electron chi connectivity index (χ2n) is 5.38.